The molecule has 6 heteroatoms. The number of fused-ring (bicyclic) bond motifs is 1. The number of hydrogen-bond acceptors (Lipinski definition) is 4. The van der Waals surface area contributed by atoms with Gasteiger partial charge in [-0.25, -0.2) is 0 Å². The maximum atomic E-state index is 10.2. The smallest absolute Gasteiger partial charge is 0.235 e. The van der Waals surface area contributed by atoms with Gasteiger partial charge in [0.25, 0.3) is 0 Å². The van der Waals surface area contributed by atoms with Crippen LogP contribution in [-0.2, 0) is 0 Å². The number of ether oxygens (including phenoxy) is 2. The zero-order chi connectivity index (χ0) is 10.8. The molecule has 0 aromatic heterocycles. The van der Waals surface area contributed by atoms with Crippen molar-refractivity contribution in [2.45, 2.75) is 0 Å². The first-order valence-electron chi connectivity index (χ1n) is 4.07. The number of nitro groups is 1. The van der Waals surface area contributed by atoms with Gasteiger partial charge in [0.15, 0.2) is 11.5 Å². The van der Waals surface area contributed by atoms with Crippen molar-refractivity contribution < 1.29 is 14.4 Å². The van der Waals surface area contributed by atoms with Crippen LogP contribution in [0.5, 0.6) is 11.5 Å². The minimum absolute atomic E-state index is 0.185. The van der Waals surface area contributed by atoms with Crippen LogP contribution in [0.25, 0.3) is 6.08 Å². The Morgan fingerprint density at radius 2 is 2.07 bits per heavy atom. The fourth-order valence-corrected chi connectivity index (χ4v) is 1.66. The van der Waals surface area contributed by atoms with Crippen LogP contribution in [0.1, 0.15) is 5.56 Å². The van der Waals surface area contributed by atoms with Gasteiger partial charge in [0.05, 0.1) is 4.92 Å². The summed E-state index contributed by atoms with van der Waals surface area (Å²) in [6, 6.07) is 3.41. The van der Waals surface area contributed by atoms with Crippen molar-refractivity contribution in [3.05, 3.63) is 38.5 Å². The molecule has 0 atom stereocenters. The van der Waals surface area contributed by atoms with Crippen LogP contribution in [0.2, 0.25) is 0 Å². The Morgan fingerprint density at radius 1 is 1.40 bits per heavy atom. The second kappa shape index (κ2) is 3.90. The predicted octanol–water partition coefficient (Wildman–Crippen LogP) is 2.43. The molecular weight excluding hydrogens is 266 g/mol. The lowest BCUT2D eigenvalue weighted by molar-refractivity contribution is -0.400. The summed E-state index contributed by atoms with van der Waals surface area (Å²) in [4.78, 5) is 9.65. The molecule has 0 saturated heterocycles. The number of benzene rings is 1. The molecular formula is C9H6BrNO4. The number of hydrogen-bond donors (Lipinski definition) is 0. The normalized spacial score (nSPS) is 13.4. The Kier molecular flexibility index (Phi) is 2.59. The van der Waals surface area contributed by atoms with E-state index in [1.54, 1.807) is 12.1 Å². The zero-order valence-electron chi connectivity index (χ0n) is 7.47. The monoisotopic (exact) mass is 271 g/mol. The minimum atomic E-state index is -0.517. The Labute approximate surface area is 93.6 Å². The van der Waals surface area contributed by atoms with Crippen molar-refractivity contribution in [3.8, 4) is 11.5 Å². The fourth-order valence-electron chi connectivity index (χ4n) is 1.20. The summed E-state index contributed by atoms with van der Waals surface area (Å²) < 4.78 is 11.0. The highest BCUT2D eigenvalue weighted by molar-refractivity contribution is 9.10. The second-order valence-electron chi connectivity index (χ2n) is 2.83. The van der Waals surface area contributed by atoms with Gasteiger partial charge >= 0.3 is 0 Å². The Morgan fingerprint density at radius 3 is 2.73 bits per heavy atom. The van der Waals surface area contributed by atoms with E-state index in [1.165, 1.54) is 6.08 Å². The predicted molar refractivity (Wildman–Crippen MR) is 56.3 cm³/mol. The standard InChI is InChI=1S/C9H6BrNO4/c10-7-4-9-8(14-5-15-9)3-6(7)1-2-11(12)13/h1-4H,5H2/b2-1-. The molecule has 1 aromatic carbocycles. The molecule has 1 heterocycles. The molecule has 0 spiro atoms. The van der Waals surface area contributed by atoms with Crippen molar-refractivity contribution in [1.29, 1.82) is 0 Å². The van der Waals surface area contributed by atoms with Crippen LogP contribution in [0.15, 0.2) is 22.8 Å². The molecule has 2 rings (SSSR count). The van der Waals surface area contributed by atoms with Gasteiger partial charge in [-0.15, -0.1) is 0 Å². The van der Waals surface area contributed by atoms with E-state index < -0.39 is 4.92 Å². The first-order chi connectivity index (χ1) is 7.16. The highest BCUT2D eigenvalue weighted by Gasteiger charge is 2.15. The van der Waals surface area contributed by atoms with E-state index in [0.717, 1.165) is 10.7 Å². The van der Waals surface area contributed by atoms with Gasteiger partial charge in [-0.3, -0.25) is 10.1 Å². The van der Waals surface area contributed by atoms with E-state index in [-0.39, 0.29) is 6.79 Å². The highest BCUT2D eigenvalue weighted by Crippen LogP contribution is 2.37. The van der Waals surface area contributed by atoms with Crippen molar-refractivity contribution >= 4 is 22.0 Å². The molecule has 0 amide bonds. The van der Waals surface area contributed by atoms with Gasteiger partial charge in [-0.2, -0.15) is 0 Å². The van der Waals surface area contributed by atoms with Gasteiger partial charge in [-0.1, -0.05) is 15.9 Å². The molecule has 5 nitrogen and oxygen atoms in total. The summed E-state index contributed by atoms with van der Waals surface area (Å²) in [6.45, 7) is 0.185. The van der Waals surface area contributed by atoms with Crippen LogP contribution in [0, 0.1) is 10.1 Å². The van der Waals surface area contributed by atoms with E-state index in [4.69, 9.17) is 9.47 Å². The lowest BCUT2D eigenvalue weighted by Gasteiger charge is -2.00. The van der Waals surface area contributed by atoms with Gasteiger partial charge in [0.1, 0.15) is 0 Å². The van der Waals surface area contributed by atoms with Crippen molar-refractivity contribution in [1.82, 2.24) is 0 Å². The Hall–Kier alpha value is -1.56. The minimum Gasteiger partial charge on any atom is -0.454 e. The average Bonchev–Trinajstić information content (AvgIpc) is 2.60. The number of rotatable bonds is 2. The van der Waals surface area contributed by atoms with E-state index >= 15 is 0 Å². The topological polar surface area (TPSA) is 61.6 Å². The Balaban J connectivity index is 2.36. The molecule has 0 saturated carbocycles. The molecule has 0 N–H and O–H groups in total. The third kappa shape index (κ3) is 2.10. The summed E-state index contributed by atoms with van der Waals surface area (Å²) in [7, 11) is 0. The molecule has 0 unspecified atom stereocenters. The molecule has 0 aliphatic carbocycles. The summed E-state index contributed by atoms with van der Waals surface area (Å²) in [6.07, 6.45) is 2.27. The first-order valence-corrected chi connectivity index (χ1v) is 4.87. The maximum Gasteiger partial charge on any atom is 0.235 e. The molecule has 15 heavy (non-hydrogen) atoms. The highest BCUT2D eigenvalue weighted by atomic mass is 79.9. The van der Waals surface area contributed by atoms with Crippen LogP contribution in [-0.4, -0.2) is 11.7 Å². The van der Waals surface area contributed by atoms with Crippen molar-refractivity contribution in [2.75, 3.05) is 6.79 Å². The summed E-state index contributed by atoms with van der Waals surface area (Å²) in [5.41, 5.74) is 0.677. The largest absolute Gasteiger partial charge is 0.454 e. The molecule has 1 aliphatic rings. The van der Waals surface area contributed by atoms with Gasteiger partial charge < -0.3 is 9.47 Å². The van der Waals surface area contributed by atoms with Gasteiger partial charge in [-0.05, 0) is 17.7 Å². The quantitative estimate of drug-likeness (QED) is 0.612. The van der Waals surface area contributed by atoms with E-state index in [9.17, 15) is 10.1 Å². The SMILES string of the molecule is O=[N+]([O-])/C=C\c1cc2c(cc1Br)OCO2. The second-order valence-corrected chi connectivity index (χ2v) is 3.68. The summed E-state index contributed by atoms with van der Waals surface area (Å²) >= 11 is 3.29. The first kappa shape index (κ1) is 9.97. The summed E-state index contributed by atoms with van der Waals surface area (Å²) in [5.74, 6) is 1.24. The van der Waals surface area contributed by atoms with Crippen LogP contribution in [0.3, 0.4) is 0 Å². The number of nitrogens with zero attached hydrogens (tertiary/aromatic N) is 1. The van der Waals surface area contributed by atoms with E-state index in [0.29, 0.717) is 17.1 Å². The lowest BCUT2D eigenvalue weighted by Crippen LogP contribution is -1.92. The van der Waals surface area contributed by atoms with Crippen molar-refractivity contribution in [3.63, 3.8) is 0 Å². The maximum absolute atomic E-state index is 10.2. The van der Waals surface area contributed by atoms with Crippen LogP contribution in [0.4, 0.5) is 0 Å². The molecule has 0 radical (unpaired) electrons. The van der Waals surface area contributed by atoms with E-state index in [1.807, 2.05) is 0 Å². The molecule has 1 aromatic rings. The van der Waals surface area contributed by atoms with Crippen molar-refractivity contribution in [2.24, 2.45) is 0 Å². The molecule has 78 valence electrons. The van der Waals surface area contributed by atoms with Gasteiger partial charge in [0, 0.05) is 10.5 Å². The van der Waals surface area contributed by atoms with Crippen LogP contribution >= 0.6 is 15.9 Å². The number of halogens is 1. The zero-order valence-corrected chi connectivity index (χ0v) is 9.06. The molecule has 0 bridgehead atoms. The van der Waals surface area contributed by atoms with Gasteiger partial charge in [0.2, 0.25) is 13.0 Å². The van der Waals surface area contributed by atoms with E-state index in [2.05, 4.69) is 15.9 Å². The summed E-state index contributed by atoms with van der Waals surface area (Å²) in [5, 5.41) is 10.2. The third-order valence-electron chi connectivity index (χ3n) is 1.87. The lowest BCUT2D eigenvalue weighted by atomic mass is 10.2. The molecule has 1 aliphatic heterocycles. The third-order valence-corrected chi connectivity index (χ3v) is 2.55. The fraction of sp³-hybridized carbons (Fsp3) is 0.111. The van der Waals surface area contributed by atoms with Crippen LogP contribution < -0.4 is 9.47 Å². The average molecular weight is 272 g/mol. The molecule has 0 fully saturated rings. The Bertz CT molecular complexity index is 444.